The smallest absolute Gasteiger partial charge is 0.254 e. The molecule has 2 amide bonds. The van der Waals surface area contributed by atoms with E-state index in [0.29, 0.717) is 31.5 Å². The van der Waals surface area contributed by atoms with E-state index < -0.39 is 5.60 Å². The van der Waals surface area contributed by atoms with Crippen LogP contribution in [0.25, 0.3) is 5.69 Å². The molecule has 2 aliphatic rings. The summed E-state index contributed by atoms with van der Waals surface area (Å²) in [6, 6.07) is 11.2. The van der Waals surface area contributed by atoms with Crippen molar-refractivity contribution in [1.82, 2.24) is 14.8 Å². The molecule has 2 N–H and O–H groups in total. The number of carbonyl (C=O) groups is 2. The molecular weight excluding hydrogens is 378 g/mol. The van der Waals surface area contributed by atoms with Crippen molar-refractivity contribution in [3.05, 3.63) is 66.5 Å². The highest BCUT2D eigenvalue weighted by Crippen LogP contribution is 2.40. The fourth-order valence-electron chi connectivity index (χ4n) is 4.18. The predicted octanol–water partition coefficient (Wildman–Crippen LogP) is 2.14. The molecule has 1 fully saturated rings. The van der Waals surface area contributed by atoms with Crippen LogP contribution in [0.5, 0.6) is 0 Å². The zero-order valence-corrected chi connectivity index (χ0v) is 16.7. The summed E-state index contributed by atoms with van der Waals surface area (Å²) < 4.78 is 1.96. The standard InChI is InChI=1S/C24H25N3O3/c1-2-10-24(30)15-19(16-24)22(28)25-17-21-9-6-13-27(21)23(29)18-7-5-8-20(14-18)26-11-3-4-12-26/h1,3-9,11-12,14,19,21,30H,10,13,15-17H2,(H,25,28). The van der Waals surface area contributed by atoms with Crippen LogP contribution in [-0.4, -0.2) is 51.1 Å². The predicted molar refractivity (Wildman–Crippen MR) is 114 cm³/mol. The minimum absolute atomic E-state index is 0.0692. The molecule has 0 saturated heterocycles. The first kappa shape index (κ1) is 20.0. The van der Waals surface area contributed by atoms with Gasteiger partial charge in [-0.1, -0.05) is 18.2 Å². The average molecular weight is 403 g/mol. The van der Waals surface area contributed by atoms with E-state index in [-0.39, 0.29) is 30.2 Å². The Morgan fingerprint density at radius 1 is 1.23 bits per heavy atom. The number of rotatable bonds is 6. The zero-order chi connectivity index (χ0) is 21.1. The highest BCUT2D eigenvalue weighted by Gasteiger charge is 2.45. The fourth-order valence-corrected chi connectivity index (χ4v) is 4.18. The number of amides is 2. The van der Waals surface area contributed by atoms with E-state index in [0.717, 1.165) is 5.69 Å². The van der Waals surface area contributed by atoms with Crippen molar-refractivity contribution in [1.29, 1.82) is 0 Å². The summed E-state index contributed by atoms with van der Waals surface area (Å²) in [6.45, 7) is 0.862. The van der Waals surface area contributed by atoms with Crippen LogP contribution in [0.3, 0.4) is 0 Å². The molecule has 1 aliphatic carbocycles. The molecule has 6 nitrogen and oxygen atoms in total. The maximum absolute atomic E-state index is 13.1. The lowest BCUT2D eigenvalue weighted by atomic mass is 9.69. The van der Waals surface area contributed by atoms with Gasteiger partial charge >= 0.3 is 0 Å². The molecule has 1 unspecified atom stereocenters. The third kappa shape index (κ3) is 4.03. The Hall–Kier alpha value is -3.30. The van der Waals surface area contributed by atoms with Gasteiger partial charge < -0.3 is 19.9 Å². The molecule has 1 aliphatic heterocycles. The number of aliphatic hydroxyl groups is 1. The quantitative estimate of drug-likeness (QED) is 0.573. The van der Waals surface area contributed by atoms with E-state index >= 15 is 0 Å². The normalized spacial score (nSPS) is 24.9. The van der Waals surface area contributed by atoms with Gasteiger partial charge in [-0.15, -0.1) is 12.3 Å². The number of aromatic nitrogens is 1. The van der Waals surface area contributed by atoms with Crippen LogP contribution in [-0.2, 0) is 4.79 Å². The van der Waals surface area contributed by atoms with E-state index in [1.807, 2.05) is 65.5 Å². The molecular formula is C24H25N3O3. The first-order valence-electron chi connectivity index (χ1n) is 10.1. The Labute approximate surface area is 176 Å². The van der Waals surface area contributed by atoms with Crippen molar-refractivity contribution in [2.75, 3.05) is 13.1 Å². The second-order valence-corrected chi connectivity index (χ2v) is 8.05. The van der Waals surface area contributed by atoms with Gasteiger partial charge in [0.05, 0.1) is 11.6 Å². The highest BCUT2D eigenvalue weighted by molar-refractivity contribution is 5.95. The molecule has 2 heterocycles. The van der Waals surface area contributed by atoms with E-state index in [9.17, 15) is 14.7 Å². The number of nitrogens with zero attached hydrogens (tertiary/aromatic N) is 2. The SMILES string of the molecule is C#CCC1(O)CC(C(=O)NCC2C=CCN2C(=O)c2cccc(-n3cccc3)c2)C1. The van der Waals surface area contributed by atoms with Crippen molar-refractivity contribution >= 4 is 11.8 Å². The molecule has 0 spiro atoms. The molecule has 1 atom stereocenters. The third-order valence-electron chi connectivity index (χ3n) is 5.86. The van der Waals surface area contributed by atoms with Gasteiger partial charge in [-0.05, 0) is 43.2 Å². The monoisotopic (exact) mass is 403 g/mol. The number of hydrogen-bond donors (Lipinski definition) is 2. The molecule has 0 radical (unpaired) electrons. The third-order valence-corrected chi connectivity index (χ3v) is 5.86. The number of carbonyl (C=O) groups excluding carboxylic acids is 2. The molecule has 30 heavy (non-hydrogen) atoms. The number of hydrogen-bond acceptors (Lipinski definition) is 3. The first-order chi connectivity index (χ1) is 14.5. The van der Waals surface area contributed by atoms with Gasteiger partial charge in [-0.25, -0.2) is 0 Å². The van der Waals surface area contributed by atoms with Crippen LogP contribution in [0.2, 0.25) is 0 Å². The van der Waals surface area contributed by atoms with Crippen LogP contribution < -0.4 is 5.32 Å². The molecule has 0 bridgehead atoms. The lowest BCUT2D eigenvalue weighted by Gasteiger charge is -2.41. The minimum atomic E-state index is -0.906. The van der Waals surface area contributed by atoms with E-state index in [4.69, 9.17) is 6.42 Å². The largest absolute Gasteiger partial charge is 0.389 e. The number of nitrogens with one attached hydrogen (secondary N) is 1. The van der Waals surface area contributed by atoms with Gasteiger partial charge in [0.15, 0.2) is 0 Å². The van der Waals surface area contributed by atoms with Crippen LogP contribution in [0.1, 0.15) is 29.6 Å². The molecule has 154 valence electrons. The molecule has 1 aromatic heterocycles. The molecule has 1 aromatic carbocycles. The van der Waals surface area contributed by atoms with Crippen molar-refractivity contribution in [2.24, 2.45) is 5.92 Å². The highest BCUT2D eigenvalue weighted by atomic mass is 16.3. The van der Waals surface area contributed by atoms with E-state index in [1.54, 1.807) is 4.90 Å². The molecule has 4 rings (SSSR count). The van der Waals surface area contributed by atoms with Crippen molar-refractivity contribution in [2.45, 2.75) is 30.9 Å². The van der Waals surface area contributed by atoms with Crippen molar-refractivity contribution in [3.63, 3.8) is 0 Å². The molecule has 2 aromatic rings. The van der Waals surface area contributed by atoms with E-state index in [2.05, 4.69) is 11.2 Å². The summed E-state index contributed by atoms with van der Waals surface area (Å²) in [5.74, 6) is 2.06. The molecule has 1 saturated carbocycles. The zero-order valence-electron chi connectivity index (χ0n) is 16.7. The average Bonchev–Trinajstić information content (AvgIpc) is 3.42. The Kier molecular flexibility index (Phi) is 5.47. The Morgan fingerprint density at radius 2 is 2.00 bits per heavy atom. The Morgan fingerprint density at radius 3 is 2.73 bits per heavy atom. The fraction of sp³-hybridized carbons (Fsp3) is 0.333. The number of benzene rings is 1. The van der Waals surface area contributed by atoms with Gasteiger partial charge in [0.25, 0.3) is 5.91 Å². The summed E-state index contributed by atoms with van der Waals surface area (Å²) in [7, 11) is 0. The van der Waals surface area contributed by atoms with Crippen molar-refractivity contribution < 1.29 is 14.7 Å². The summed E-state index contributed by atoms with van der Waals surface area (Å²) >= 11 is 0. The first-order valence-corrected chi connectivity index (χ1v) is 10.1. The summed E-state index contributed by atoms with van der Waals surface area (Å²) in [5, 5.41) is 13.1. The lowest BCUT2D eigenvalue weighted by Crippen LogP contribution is -2.52. The Balaban J connectivity index is 1.35. The topological polar surface area (TPSA) is 74.6 Å². The van der Waals surface area contributed by atoms with Crippen LogP contribution in [0, 0.1) is 18.3 Å². The minimum Gasteiger partial charge on any atom is -0.389 e. The van der Waals surface area contributed by atoms with Gasteiger partial charge in [0.1, 0.15) is 0 Å². The summed E-state index contributed by atoms with van der Waals surface area (Å²) in [4.78, 5) is 27.2. The van der Waals surface area contributed by atoms with Gasteiger partial charge in [0, 0.05) is 49.1 Å². The Bertz CT molecular complexity index is 997. The second-order valence-electron chi connectivity index (χ2n) is 8.05. The van der Waals surface area contributed by atoms with E-state index in [1.165, 1.54) is 0 Å². The van der Waals surface area contributed by atoms with Crippen LogP contribution in [0.15, 0.2) is 60.9 Å². The van der Waals surface area contributed by atoms with Gasteiger partial charge in [-0.3, -0.25) is 9.59 Å². The maximum Gasteiger partial charge on any atom is 0.254 e. The lowest BCUT2D eigenvalue weighted by molar-refractivity contribution is -0.140. The summed E-state index contributed by atoms with van der Waals surface area (Å²) in [6.07, 6.45) is 14.1. The van der Waals surface area contributed by atoms with Gasteiger partial charge in [-0.2, -0.15) is 0 Å². The van der Waals surface area contributed by atoms with Crippen molar-refractivity contribution in [3.8, 4) is 18.0 Å². The number of terminal acetylenes is 1. The van der Waals surface area contributed by atoms with Gasteiger partial charge in [0.2, 0.25) is 5.91 Å². The van der Waals surface area contributed by atoms with Crippen LogP contribution >= 0.6 is 0 Å². The maximum atomic E-state index is 13.1. The molecule has 6 heteroatoms. The summed E-state index contributed by atoms with van der Waals surface area (Å²) in [5.41, 5.74) is 0.628. The second kappa shape index (κ2) is 8.21. The van der Waals surface area contributed by atoms with Crippen LogP contribution in [0.4, 0.5) is 0 Å².